The molecule has 0 radical (unpaired) electrons. The zero-order valence-corrected chi connectivity index (χ0v) is 12.1. The molecule has 1 heterocycles. The predicted molar refractivity (Wildman–Crippen MR) is 75.3 cm³/mol. The lowest BCUT2D eigenvalue weighted by Crippen LogP contribution is -2.35. The van der Waals surface area contributed by atoms with Crippen molar-refractivity contribution in [3.63, 3.8) is 0 Å². The summed E-state index contributed by atoms with van der Waals surface area (Å²) in [4.78, 5) is 11.6. The molecule has 0 aliphatic carbocycles. The van der Waals surface area contributed by atoms with Gasteiger partial charge in [0.2, 0.25) is 0 Å². The highest BCUT2D eigenvalue weighted by molar-refractivity contribution is 5.69. The molecule has 1 aliphatic rings. The van der Waals surface area contributed by atoms with Crippen LogP contribution in [0.2, 0.25) is 0 Å². The van der Waals surface area contributed by atoms with Crippen molar-refractivity contribution in [3.8, 4) is 0 Å². The van der Waals surface area contributed by atoms with E-state index in [9.17, 15) is 4.79 Å². The van der Waals surface area contributed by atoms with Gasteiger partial charge in [-0.25, -0.2) is 0 Å². The van der Waals surface area contributed by atoms with E-state index in [1.165, 1.54) is 12.7 Å². The van der Waals surface area contributed by atoms with E-state index < -0.39 is 0 Å². The number of carbonyl (C=O) groups excluding carboxylic acids is 1. The molecule has 1 saturated heterocycles. The van der Waals surface area contributed by atoms with E-state index in [1.807, 2.05) is 25.1 Å². The summed E-state index contributed by atoms with van der Waals surface area (Å²) in [6.07, 6.45) is 0.917. The summed E-state index contributed by atoms with van der Waals surface area (Å²) in [5.74, 6) is 0.232. The Balaban J connectivity index is 2.10. The molecule has 110 valence electrons. The minimum atomic E-state index is -0.213. The van der Waals surface area contributed by atoms with E-state index in [0.717, 1.165) is 6.42 Å². The smallest absolute Gasteiger partial charge is 0.305 e. The quantitative estimate of drug-likeness (QED) is 0.777. The highest BCUT2D eigenvalue weighted by Crippen LogP contribution is 2.36. The first-order chi connectivity index (χ1) is 9.74. The number of esters is 1. The molecule has 0 bridgehead atoms. The first kappa shape index (κ1) is 15.0. The molecule has 0 N–H and O–H groups in total. The molecule has 0 amide bonds. The molecular formula is C16H22O4. The average Bonchev–Trinajstić information content (AvgIpc) is 2.48. The van der Waals surface area contributed by atoms with Gasteiger partial charge in [0.15, 0.2) is 6.29 Å². The molecule has 4 nitrogen and oxygen atoms in total. The fourth-order valence-electron chi connectivity index (χ4n) is 2.72. The largest absolute Gasteiger partial charge is 0.469 e. The Labute approximate surface area is 120 Å². The summed E-state index contributed by atoms with van der Waals surface area (Å²) in [5, 5.41) is 0. The van der Waals surface area contributed by atoms with Crippen LogP contribution in [0.15, 0.2) is 30.3 Å². The number of ether oxygens (including phenoxy) is 3. The van der Waals surface area contributed by atoms with Crippen molar-refractivity contribution in [1.29, 1.82) is 0 Å². The van der Waals surface area contributed by atoms with Crippen LogP contribution < -0.4 is 0 Å². The average molecular weight is 278 g/mol. The number of hydrogen-bond donors (Lipinski definition) is 0. The van der Waals surface area contributed by atoms with E-state index in [-0.39, 0.29) is 24.1 Å². The number of hydrogen-bond acceptors (Lipinski definition) is 4. The molecule has 1 fully saturated rings. The number of methoxy groups -OCH3 is 1. The third-order valence-corrected chi connectivity index (χ3v) is 3.76. The summed E-state index contributed by atoms with van der Waals surface area (Å²) < 4.78 is 16.1. The number of carbonyl (C=O) groups is 1. The maximum atomic E-state index is 11.6. The normalized spacial score (nSPS) is 26.2. The monoisotopic (exact) mass is 278 g/mol. The van der Waals surface area contributed by atoms with Gasteiger partial charge in [-0.3, -0.25) is 4.79 Å². The van der Waals surface area contributed by atoms with Crippen LogP contribution in [0.25, 0.3) is 0 Å². The van der Waals surface area contributed by atoms with Gasteiger partial charge in [0.1, 0.15) is 0 Å². The third kappa shape index (κ3) is 3.81. The SMILES string of the molecule is CCOC1C[C@H](CC(=O)OC)[C@@H](c2ccccc2)CO1. The number of benzene rings is 1. The highest BCUT2D eigenvalue weighted by Gasteiger charge is 2.34. The maximum Gasteiger partial charge on any atom is 0.305 e. The predicted octanol–water partition coefficient (Wildman–Crippen LogP) is 2.73. The minimum Gasteiger partial charge on any atom is -0.469 e. The topological polar surface area (TPSA) is 44.8 Å². The molecule has 3 atom stereocenters. The zero-order chi connectivity index (χ0) is 14.4. The summed E-state index contributed by atoms with van der Waals surface area (Å²) in [6.45, 7) is 3.14. The molecule has 2 rings (SSSR count). The Morgan fingerprint density at radius 3 is 2.75 bits per heavy atom. The van der Waals surface area contributed by atoms with Gasteiger partial charge in [0, 0.05) is 25.4 Å². The second-order valence-electron chi connectivity index (χ2n) is 5.01. The molecule has 0 saturated carbocycles. The third-order valence-electron chi connectivity index (χ3n) is 3.76. The van der Waals surface area contributed by atoms with Crippen molar-refractivity contribution >= 4 is 5.97 Å². The molecule has 1 aliphatic heterocycles. The molecular weight excluding hydrogens is 256 g/mol. The van der Waals surface area contributed by atoms with Crippen LogP contribution >= 0.6 is 0 Å². The summed E-state index contributed by atoms with van der Waals surface area (Å²) in [5.41, 5.74) is 1.20. The van der Waals surface area contributed by atoms with Gasteiger partial charge in [-0.2, -0.15) is 0 Å². The van der Waals surface area contributed by atoms with Gasteiger partial charge in [0.25, 0.3) is 0 Å². The highest BCUT2D eigenvalue weighted by atomic mass is 16.7. The second kappa shape index (κ2) is 7.41. The van der Waals surface area contributed by atoms with Crippen molar-refractivity contribution in [2.45, 2.75) is 32.0 Å². The van der Waals surface area contributed by atoms with Gasteiger partial charge < -0.3 is 14.2 Å². The summed E-state index contributed by atoms with van der Waals surface area (Å²) >= 11 is 0. The zero-order valence-electron chi connectivity index (χ0n) is 12.1. The van der Waals surface area contributed by atoms with Gasteiger partial charge in [-0.1, -0.05) is 30.3 Å². The molecule has 20 heavy (non-hydrogen) atoms. The standard InChI is InChI=1S/C16H22O4/c1-3-19-16-10-13(9-15(17)18-2)14(11-20-16)12-7-5-4-6-8-12/h4-8,13-14,16H,3,9-11H2,1-2H3/t13-,14+,16?/m0/s1. The Morgan fingerprint density at radius 1 is 1.35 bits per heavy atom. The molecule has 1 aromatic carbocycles. The summed E-state index contributed by atoms with van der Waals surface area (Å²) in [7, 11) is 1.43. The van der Waals surface area contributed by atoms with Gasteiger partial charge in [-0.15, -0.1) is 0 Å². The van der Waals surface area contributed by atoms with Crippen molar-refractivity contribution in [1.82, 2.24) is 0 Å². The lowest BCUT2D eigenvalue weighted by molar-refractivity contribution is -0.181. The van der Waals surface area contributed by atoms with Crippen molar-refractivity contribution in [2.24, 2.45) is 5.92 Å². The fourth-order valence-corrected chi connectivity index (χ4v) is 2.72. The van der Waals surface area contributed by atoms with E-state index in [1.54, 1.807) is 0 Å². The van der Waals surface area contributed by atoms with Gasteiger partial charge in [0.05, 0.1) is 13.7 Å². The first-order valence-electron chi connectivity index (χ1n) is 7.09. The first-order valence-corrected chi connectivity index (χ1v) is 7.09. The summed E-state index contributed by atoms with van der Waals surface area (Å²) in [6, 6.07) is 10.2. The number of rotatable bonds is 5. The van der Waals surface area contributed by atoms with Crippen LogP contribution in [-0.2, 0) is 19.0 Å². The lowest BCUT2D eigenvalue weighted by atomic mass is 9.80. The van der Waals surface area contributed by atoms with E-state index >= 15 is 0 Å². The minimum absolute atomic E-state index is 0.173. The van der Waals surface area contributed by atoms with E-state index in [2.05, 4.69) is 12.1 Å². The maximum absolute atomic E-state index is 11.6. The fraction of sp³-hybridized carbons (Fsp3) is 0.562. The Kier molecular flexibility index (Phi) is 5.56. The van der Waals surface area contributed by atoms with Crippen LogP contribution in [0.5, 0.6) is 0 Å². The van der Waals surface area contributed by atoms with Crippen LogP contribution in [0.4, 0.5) is 0 Å². The lowest BCUT2D eigenvalue weighted by Gasteiger charge is -2.35. The van der Waals surface area contributed by atoms with E-state index in [4.69, 9.17) is 14.2 Å². The Bertz CT molecular complexity index is 418. The van der Waals surface area contributed by atoms with Crippen molar-refractivity contribution in [2.75, 3.05) is 20.3 Å². The molecule has 4 heteroatoms. The Hall–Kier alpha value is -1.39. The van der Waals surface area contributed by atoms with Gasteiger partial charge >= 0.3 is 5.97 Å². The van der Waals surface area contributed by atoms with Crippen LogP contribution in [-0.4, -0.2) is 32.6 Å². The molecule has 0 spiro atoms. The molecule has 0 aromatic heterocycles. The van der Waals surface area contributed by atoms with Gasteiger partial charge in [-0.05, 0) is 18.4 Å². The van der Waals surface area contributed by atoms with Crippen LogP contribution in [0.3, 0.4) is 0 Å². The van der Waals surface area contributed by atoms with Crippen molar-refractivity contribution in [3.05, 3.63) is 35.9 Å². The van der Waals surface area contributed by atoms with Crippen molar-refractivity contribution < 1.29 is 19.0 Å². The van der Waals surface area contributed by atoms with Crippen LogP contribution in [0, 0.1) is 5.92 Å². The molecule has 1 aromatic rings. The second-order valence-corrected chi connectivity index (χ2v) is 5.01. The molecule has 1 unspecified atom stereocenters. The van der Waals surface area contributed by atoms with Crippen LogP contribution in [0.1, 0.15) is 31.2 Å². The van der Waals surface area contributed by atoms with E-state index in [0.29, 0.717) is 19.6 Å². The Morgan fingerprint density at radius 2 is 2.10 bits per heavy atom.